The van der Waals surface area contributed by atoms with E-state index in [2.05, 4.69) is 5.32 Å². The standard InChI is InChI=1S/C12H12ClNO6/c13-7-2-1-3-8(4-7)20-6-10(15)14-9(12(18)19)5-11(16)17/h1-4,9H,5-6H2,(H,14,15)(H,16,17)(H,18,19)/t9-/m0/s1. The van der Waals surface area contributed by atoms with E-state index in [4.69, 9.17) is 26.6 Å². The second kappa shape index (κ2) is 7.34. The third kappa shape index (κ3) is 5.57. The van der Waals surface area contributed by atoms with Crippen LogP contribution in [0.3, 0.4) is 0 Å². The molecular weight excluding hydrogens is 290 g/mol. The second-order valence-electron chi connectivity index (χ2n) is 3.80. The topological polar surface area (TPSA) is 113 Å². The molecule has 20 heavy (non-hydrogen) atoms. The lowest BCUT2D eigenvalue weighted by Crippen LogP contribution is -2.44. The number of aliphatic carboxylic acids is 2. The molecule has 0 spiro atoms. The van der Waals surface area contributed by atoms with Gasteiger partial charge in [0, 0.05) is 5.02 Å². The minimum absolute atomic E-state index is 0.345. The van der Waals surface area contributed by atoms with Gasteiger partial charge < -0.3 is 20.3 Å². The molecule has 0 aliphatic heterocycles. The molecule has 1 aromatic rings. The Bertz CT molecular complexity index is 518. The fourth-order valence-corrected chi connectivity index (χ4v) is 1.50. The van der Waals surface area contributed by atoms with Crippen molar-refractivity contribution in [3.8, 4) is 5.75 Å². The lowest BCUT2D eigenvalue weighted by molar-refractivity contribution is -0.147. The van der Waals surface area contributed by atoms with Crippen LogP contribution in [0.25, 0.3) is 0 Å². The van der Waals surface area contributed by atoms with Crippen molar-refractivity contribution in [2.45, 2.75) is 12.5 Å². The first-order valence-electron chi connectivity index (χ1n) is 5.51. The third-order valence-electron chi connectivity index (χ3n) is 2.18. The van der Waals surface area contributed by atoms with Gasteiger partial charge in [0.2, 0.25) is 0 Å². The molecule has 0 bridgehead atoms. The molecule has 0 radical (unpaired) electrons. The molecule has 1 amide bonds. The highest BCUT2D eigenvalue weighted by Gasteiger charge is 2.23. The van der Waals surface area contributed by atoms with Crippen LogP contribution >= 0.6 is 11.6 Å². The molecule has 0 aromatic heterocycles. The van der Waals surface area contributed by atoms with E-state index in [-0.39, 0.29) is 0 Å². The zero-order valence-electron chi connectivity index (χ0n) is 10.2. The Morgan fingerprint density at radius 2 is 2.00 bits per heavy atom. The molecule has 3 N–H and O–H groups in total. The number of halogens is 1. The Morgan fingerprint density at radius 3 is 2.55 bits per heavy atom. The van der Waals surface area contributed by atoms with Crippen LogP contribution in [0, 0.1) is 0 Å². The van der Waals surface area contributed by atoms with E-state index in [9.17, 15) is 14.4 Å². The van der Waals surface area contributed by atoms with Gasteiger partial charge in [0.1, 0.15) is 11.8 Å². The molecule has 1 atom stereocenters. The summed E-state index contributed by atoms with van der Waals surface area (Å²) in [4.78, 5) is 32.7. The highest BCUT2D eigenvalue weighted by molar-refractivity contribution is 6.30. The molecule has 0 fully saturated rings. The molecule has 1 rings (SSSR count). The van der Waals surface area contributed by atoms with Gasteiger partial charge in [-0.05, 0) is 18.2 Å². The number of rotatable bonds is 7. The Hall–Kier alpha value is -2.28. The number of carboxylic acids is 2. The predicted octanol–water partition coefficient (Wildman–Crippen LogP) is 0.763. The van der Waals surface area contributed by atoms with Gasteiger partial charge in [0.15, 0.2) is 6.61 Å². The molecule has 1 aromatic carbocycles. The molecule has 108 valence electrons. The Morgan fingerprint density at radius 1 is 1.30 bits per heavy atom. The SMILES string of the molecule is O=C(O)C[C@H](NC(=O)COc1cccc(Cl)c1)C(=O)O. The minimum atomic E-state index is -1.50. The first-order valence-corrected chi connectivity index (χ1v) is 5.88. The van der Waals surface area contributed by atoms with Gasteiger partial charge in [-0.2, -0.15) is 0 Å². The number of ether oxygens (including phenoxy) is 1. The van der Waals surface area contributed by atoms with E-state index in [1.54, 1.807) is 18.2 Å². The number of carboxylic acid groups (broad SMARTS) is 2. The van der Waals surface area contributed by atoms with E-state index in [1.165, 1.54) is 6.07 Å². The summed E-state index contributed by atoms with van der Waals surface area (Å²) in [6.07, 6.45) is -0.710. The lowest BCUT2D eigenvalue weighted by atomic mass is 10.2. The van der Waals surface area contributed by atoms with E-state index in [0.717, 1.165) is 0 Å². The number of nitrogens with one attached hydrogen (secondary N) is 1. The van der Waals surface area contributed by atoms with Gasteiger partial charge in [-0.25, -0.2) is 4.79 Å². The molecular formula is C12H12ClNO6. The highest BCUT2D eigenvalue weighted by Crippen LogP contribution is 2.16. The van der Waals surface area contributed by atoms with Crippen molar-refractivity contribution in [3.05, 3.63) is 29.3 Å². The van der Waals surface area contributed by atoms with Crippen molar-refractivity contribution in [2.24, 2.45) is 0 Å². The Balaban J connectivity index is 2.49. The van der Waals surface area contributed by atoms with Crippen molar-refractivity contribution in [2.75, 3.05) is 6.61 Å². The van der Waals surface area contributed by atoms with Gasteiger partial charge in [0.05, 0.1) is 6.42 Å². The van der Waals surface area contributed by atoms with Crippen LogP contribution in [0.1, 0.15) is 6.42 Å². The van der Waals surface area contributed by atoms with E-state index >= 15 is 0 Å². The van der Waals surface area contributed by atoms with Crippen LogP contribution in [-0.4, -0.2) is 40.7 Å². The Kier molecular flexibility index (Phi) is 5.79. The number of amides is 1. The number of benzene rings is 1. The van der Waals surface area contributed by atoms with Gasteiger partial charge in [-0.15, -0.1) is 0 Å². The molecule has 7 nitrogen and oxygen atoms in total. The Labute approximate surface area is 119 Å². The molecule has 8 heteroatoms. The zero-order chi connectivity index (χ0) is 15.1. The van der Waals surface area contributed by atoms with Gasteiger partial charge >= 0.3 is 11.9 Å². The molecule has 0 aliphatic rings. The maximum Gasteiger partial charge on any atom is 0.326 e. The first kappa shape index (κ1) is 15.8. The zero-order valence-corrected chi connectivity index (χ0v) is 11.0. The molecule has 0 saturated carbocycles. The average Bonchev–Trinajstić information content (AvgIpc) is 2.35. The maximum atomic E-state index is 11.5. The summed E-state index contributed by atoms with van der Waals surface area (Å²) >= 11 is 5.72. The van der Waals surface area contributed by atoms with E-state index < -0.39 is 36.9 Å². The number of carbonyl (C=O) groups is 3. The largest absolute Gasteiger partial charge is 0.484 e. The predicted molar refractivity (Wildman–Crippen MR) is 68.8 cm³/mol. The smallest absolute Gasteiger partial charge is 0.326 e. The number of hydrogen-bond acceptors (Lipinski definition) is 4. The second-order valence-corrected chi connectivity index (χ2v) is 4.24. The van der Waals surface area contributed by atoms with Gasteiger partial charge in [-0.3, -0.25) is 9.59 Å². The number of hydrogen-bond donors (Lipinski definition) is 3. The van der Waals surface area contributed by atoms with E-state index in [0.29, 0.717) is 10.8 Å². The normalized spacial score (nSPS) is 11.4. The summed E-state index contributed by atoms with van der Waals surface area (Å²) in [6, 6.07) is 4.82. The average molecular weight is 302 g/mol. The van der Waals surface area contributed by atoms with Crippen molar-refractivity contribution in [1.82, 2.24) is 5.32 Å². The van der Waals surface area contributed by atoms with Crippen LogP contribution in [0.15, 0.2) is 24.3 Å². The van der Waals surface area contributed by atoms with Crippen molar-refractivity contribution in [3.63, 3.8) is 0 Å². The summed E-state index contributed by atoms with van der Waals surface area (Å²) in [5, 5.41) is 19.8. The van der Waals surface area contributed by atoms with Crippen LogP contribution < -0.4 is 10.1 Å². The fraction of sp³-hybridized carbons (Fsp3) is 0.250. The van der Waals surface area contributed by atoms with Crippen molar-refractivity contribution >= 4 is 29.4 Å². The van der Waals surface area contributed by atoms with Crippen LogP contribution in [-0.2, 0) is 14.4 Å². The van der Waals surface area contributed by atoms with Crippen LogP contribution in [0.5, 0.6) is 5.75 Å². The van der Waals surface area contributed by atoms with Crippen molar-refractivity contribution in [1.29, 1.82) is 0 Å². The quantitative estimate of drug-likeness (QED) is 0.685. The van der Waals surface area contributed by atoms with Crippen LogP contribution in [0.4, 0.5) is 0 Å². The van der Waals surface area contributed by atoms with Gasteiger partial charge in [-0.1, -0.05) is 17.7 Å². The summed E-state index contributed by atoms with van der Waals surface area (Å²) < 4.78 is 5.10. The summed E-state index contributed by atoms with van der Waals surface area (Å²) in [7, 11) is 0. The summed E-state index contributed by atoms with van der Waals surface area (Å²) in [6.45, 7) is -0.441. The van der Waals surface area contributed by atoms with Gasteiger partial charge in [0.25, 0.3) is 5.91 Å². The summed E-state index contributed by atoms with van der Waals surface area (Å²) in [5.74, 6) is -3.15. The van der Waals surface area contributed by atoms with Crippen molar-refractivity contribution < 1.29 is 29.3 Å². The fourth-order valence-electron chi connectivity index (χ4n) is 1.32. The first-order chi connectivity index (χ1) is 9.38. The minimum Gasteiger partial charge on any atom is -0.484 e. The van der Waals surface area contributed by atoms with Crippen LogP contribution in [0.2, 0.25) is 5.02 Å². The third-order valence-corrected chi connectivity index (χ3v) is 2.41. The molecule has 0 aliphatic carbocycles. The lowest BCUT2D eigenvalue weighted by Gasteiger charge is -2.12. The summed E-state index contributed by atoms with van der Waals surface area (Å²) in [5.41, 5.74) is 0. The molecule has 0 heterocycles. The highest BCUT2D eigenvalue weighted by atomic mass is 35.5. The molecule has 0 unspecified atom stereocenters. The van der Waals surface area contributed by atoms with E-state index in [1.807, 2.05) is 0 Å². The number of carbonyl (C=O) groups excluding carboxylic acids is 1. The maximum absolute atomic E-state index is 11.5. The molecule has 0 saturated heterocycles. The monoisotopic (exact) mass is 301 g/mol.